The van der Waals surface area contributed by atoms with Crippen LogP contribution in [-0.2, 0) is 0 Å². The highest BCUT2D eigenvalue weighted by Crippen LogP contribution is 2.25. The number of rotatable bonds is 4. The molecule has 110 valence electrons. The van der Waals surface area contributed by atoms with Gasteiger partial charge in [0.25, 0.3) is 0 Å². The molecule has 0 radical (unpaired) electrons. The minimum Gasteiger partial charge on any atom is -0.497 e. The van der Waals surface area contributed by atoms with Crippen molar-refractivity contribution >= 4 is 6.29 Å². The third-order valence-electron chi connectivity index (χ3n) is 3.22. The van der Waals surface area contributed by atoms with Crippen LogP contribution in [-0.4, -0.2) is 28.4 Å². The highest BCUT2D eigenvalue weighted by atomic mass is 19.1. The quantitative estimate of drug-likeness (QED) is 0.695. The van der Waals surface area contributed by atoms with E-state index in [1.54, 1.807) is 43.5 Å². The Morgan fingerprint density at radius 1 is 1.18 bits per heavy atom. The third-order valence-corrected chi connectivity index (χ3v) is 3.22. The first-order valence-electron chi connectivity index (χ1n) is 6.54. The predicted octanol–water partition coefficient (Wildman–Crippen LogP) is 2.89. The highest BCUT2D eigenvalue weighted by Gasteiger charge is 2.16. The number of nitrogens with zero attached hydrogens (tertiary/aromatic N) is 3. The van der Waals surface area contributed by atoms with Gasteiger partial charge in [-0.15, -0.1) is 5.10 Å². The van der Waals surface area contributed by atoms with Gasteiger partial charge in [-0.25, -0.2) is 9.07 Å². The Kier molecular flexibility index (Phi) is 3.65. The molecule has 0 aliphatic heterocycles. The summed E-state index contributed by atoms with van der Waals surface area (Å²) in [4.78, 5) is 11.2. The maximum absolute atomic E-state index is 13.5. The van der Waals surface area contributed by atoms with E-state index in [4.69, 9.17) is 4.74 Å². The van der Waals surface area contributed by atoms with Gasteiger partial charge in [0.2, 0.25) is 0 Å². The first-order chi connectivity index (χ1) is 10.7. The predicted molar refractivity (Wildman–Crippen MR) is 78.7 cm³/mol. The van der Waals surface area contributed by atoms with Crippen molar-refractivity contribution in [3.8, 4) is 22.7 Å². The lowest BCUT2D eigenvalue weighted by Gasteiger charge is -2.08. The Bertz CT molecular complexity index is 813. The van der Waals surface area contributed by atoms with Gasteiger partial charge >= 0.3 is 0 Å². The molecule has 0 aliphatic rings. The summed E-state index contributed by atoms with van der Waals surface area (Å²) in [6.07, 6.45) is 0.604. The van der Waals surface area contributed by atoms with E-state index < -0.39 is 5.82 Å². The first kappa shape index (κ1) is 13.9. The molecular weight excluding hydrogens is 285 g/mol. The highest BCUT2D eigenvalue weighted by molar-refractivity contribution is 5.84. The number of aromatic nitrogens is 3. The van der Waals surface area contributed by atoms with Gasteiger partial charge in [-0.05, 0) is 36.4 Å². The lowest BCUT2D eigenvalue weighted by molar-refractivity contribution is 0.111. The number of methoxy groups -OCH3 is 1. The standard InChI is InChI=1S/C16H12FN3O2/c1-22-14-7-5-13(6-8-14)20-16(15(10-21)18-19-20)11-3-2-4-12(17)9-11/h2-10H,1H3. The first-order valence-corrected chi connectivity index (χ1v) is 6.54. The lowest BCUT2D eigenvalue weighted by atomic mass is 10.1. The number of hydrogen-bond donors (Lipinski definition) is 0. The fraction of sp³-hybridized carbons (Fsp3) is 0.0625. The molecule has 1 heterocycles. The second-order valence-corrected chi connectivity index (χ2v) is 4.56. The molecule has 3 aromatic rings. The summed E-state index contributed by atoms with van der Waals surface area (Å²) in [6.45, 7) is 0. The van der Waals surface area contributed by atoms with Crippen LogP contribution in [0, 0.1) is 5.82 Å². The van der Waals surface area contributed by atoms with Crippen molar-refractivity contribution in [1.82, 2.24) is 15.0 Å². The number of carbonyl (C=O) groups excluding carboxylic acids is 1. The zero-order valence-electron chi connectivity index (χ0n) is 11.7. The number of benzene rings is 2. The van der Waals surface area contributed by atoms with E-state index in [2.05, 4.69) is 10.3 Å². The fourth-order valence-electron chi connectivity index (χ4n) is 2.18. The average molecular weight is 297 g/mol. The molecular formula is C16H12FN3O2. The molecule has 0 saturated carbocycles. The molecule has 0 fully saturated rings. The minimum absolute atomic E-state index is 0.154. The second-order valence-electron chi connectivity index (χ2n) is 4.56. The smallest absolute Gasteiger partial charge is 0.172 e. The molecule has 0 bridgehead atoms. The summed E-state index contributed by atoms with van der Waals surface area (Å²) in [6, 6.07) is 13.1. The molecule has 0 N–H and O–H groups in total. The van der Waals surface area contributed by atoms with Gasteiger partial charge in [0.15, 0.2) is 12.0 Å². The SMILES string of the molecule is COc1ccc(-n2nnc(C=O)c2-c2cccc(F)c2)cc1. The van der Waals surface area contributed by atoms with Crippen molar-refractivity contribution in [3.63, 3.8) is 0 Å². The van der Waals surface area contributed by atoms with Gasteiger partial charge in [-0.1, -0.05) is 17.3 Å². The van der Waals surface area contributed by atoms with Crippen molar-refractivity contribution < 1.29 is 13.9 Å². The van der Waals surface area contributed by atoms with Gasteiger partial charge in [0.05, 0.1) is 12.8 Å². The van der Waals surface area contributed by atoms with Crippen LogP contribution < -0.4 is 4.74 Å². The number of halogens is 1. The van der Waals surface area contributed by atoms with Gasteiger partial charge in [0, 0.05) is 5.56 Å². The number of carbonyl (C=O) groups is 1. The Morgan fingerprint density at radius 2 is 1.95 bits per heavy atom. The molecule has 0 unspecified atom stereocenters. The van der Waals surface area contributed by atoms with Crippen molar-refractivity contribution in [1.29, 1.82) is 0 Å². The van der Waals surface area contributed by atoms with Crippen molar-refractivity contribution in [3.05, 3.63) is 60.0 Å². The summed E-state index contributed by atoms with van der Waals surface area (Å²) < 4.78 is 20.1. The van der Waals surface area contributed by atoms with Crippen LogP contribution in [0.25, 0.3) is 16.9 Å². The van der Waals surface area contributed by atoms with Crippen LogP contribution >= 0.6 is 0 Å². The largest absolute Gasteiger partial charge is 0.497 e. The van der Waals surface area contributed by atoms with Crippen LogP contribution in [0.4, 0.5) is 4.39 Å². The number of ether oxygens (including phenoxy) is 1. The lowest BCUT2D eigenvalue weighted by Crippen LogP contribution is -2.00. The van der Waals surface area contributed by atoms with Crippen LogP contribution in [0.5, 0.6) is 5.75 Å². The van der Waals surface area contributed by atoms with Crippen LogP contribution in [0.3, 0.4) is 0 Å². The molecule has 6 heteroatoms. The Hall–Kier alpha value is -3.02. The Labute approximate surface area is 126 Å². The monoisotopic (exact) mass is 297 g/mol. The van der Waals surface area contributed by atoms with Crippen molar-refractivity contribution in [2.45, 2.75) is 0 Å². The van der Waals surface area contributed by atoms with E-state index in [9.17, 15) is 9.18 Å². The zero-order chi connectivity index (χ0) is 15.5. The zero-order valence-corrected chi connectivity index (χ0v) is 11.7. The van der Waals surface area contributed by atoms with Crippen LogP contribution in [0.15, 0.2) is 48.5 Å². The summed E-state index contributed by atoms with van der Waals surface area (Å²) in [5, 5.41) is 7.84. The maximum Gasteiger partial charge on any atom is 0.172 e. The molecule has 0 spiro atoms. The Morgan fingerprint density at radius 3 is 2.59 bits per heavy atom. The van der Waals surface area contributed by atoms with E-state index >= 15 is 0 Å². The summed E-state index contributed by atoms with van der Waals surface area (Å²) in [5.74, 6) is 0.309. The normalized spacial score (nSPS) is 10.5. The molecule has 0 aliphatic carbocycles. The van der Waals surface area contributed by atoms with E-state index in [1.807, 2.05) is 0 Å². The summed E-state index contributed by atoms with van der Waals surface area (Å²) in [7, 11) is 1.58. The molecule has 1 aromatic heterocycles. The topological polar surface area (TPSA) is 57.0 Å². The second kappa shape index (κ2) is 5.77. The number of hydrogen-bond acceptors (Lipinski definition) is 4. The van der Waals surface area contributed by atoms with Crippen molar-refractivity contribution in [2.75, 3.05) is 7.11 Å². The van der Waals surface area contributed by atoms with Crippen molar-refractivity contribution in [2.24, 2.45) is 0 Å². The number of aldehydes is 1. The van der Waals surface area contributed by atoms with Gasteiger partial charge < -0.3 is 4.74 Å². The van der Waals surface area contributed by atoms with E-state index in [0.29, 0.717) is 29.0 Å². The molecule has 22 heavy (non-hydrogen) atoms. The van der Waals surface area contributed by atoms with Gasteiger partial charge in [0.1, 0.15) is 17.3 Å². The molecule has 0 amide bonds. The van der Waals surface area contributed by atoms with Gasteiger partial charge in [-0.2, -0.15) is 0 Å². The van der Waals surface area contributed by atoms with E-state index in [0.717, 1.165) is 0 Å². The fourth-order valence-corrected chi connectivity index (χ4v) is 2.18. The molecule has 0 atom stereocenters. The summed E-state index contributed by atoms with van der Waals surface area (Å²) >= 11 is 0. The van der Waals surface area contributed by atoms with E-state index in [-0.39, 0.29) is 5.69 Å². The molecule has 0 saturated heterocycles. The third kappa shape index (κ3) is 2.46. The van der Waals surface area contributed by atoms with Gasteiger partial charge in [-0.3, -0.25) is 4.79 Å². The minimum atomic E-state index is -0.392. The molecule has 5 nitrogen and oxygen atoms in total. The maximum atomic E-state index is 13.5. The molecule has 3 rings (SSSR count). The van der Waals surface area contributed by atoms with Crippen LogP contribution in [0.2, 0.25) is 0 Å². The van der Waals surface area contributed by atoms with Crippen LogP contribution in [0.1, 0.15) is 10.5 Å². The Balaban J connectivity index is 2.16. The van der Waals surface area contributed by atoms with E-state index in [1.165, 1.54) is 16.8 Å². The molecule has 2 aromatic carbocycles. The summed E-state index contributed by atoms with van der Waals surface area (Å²) in [5.41, 5.74) is 1.82. The average Bonchev–Trinajstić information content (AvgIpc) is 2.99.